The molecule has 0 aliphatic rings. The second-order valence-electron chi connectivity index (χ2n) is 5.38. The van der Waals surface area contributed by atoms with Crippen molar-refractivity contribution in [2.45, 2.75) is 39.2 Å². The quantitative estimate of drug-likeness (QED) is 0.698. The second kappa shape index (κ2) is 9.52. The van der Waals surface area contributed by atoms with Crippen molar-refractivity contribution >= 4 is 34.5 Å². The summed E-state index contributed by atoms with van der Waals surface area (Å²) in [6.07, 6.45) is 1.29. The van der Waals surface area contributed by atoms with Gasteiger partial charge in [0.1, 0.15) is 0 Å². The Hall–Kier alpha value is -1.40. The van der Waals surface area contributed by atoms with E-state index in [9.17, 15) is 9.59 Å². The van der Waals surface area contributed by atoms with E-state index in [1.807, 2.05) is 38.1 Å². The average molecular weight is 358 g/mol. The highest BCUT2D eigenvalue weighted by Crippen LogP contribution is 2.18. The van der Waals surface area contributed by atoms with Crippen LogP contribution in [-0.4, -0.2) is 11.8 Å². The number of hydrogen-bond acceptors (Lipinski definition) is 3. The van der Waals surface area contributed by atoms with Crippen molar-refractivity contribution in [3.63, 3.8) is 0 Å². The third-order valence-corrected chi connectivity index (χ3v) is 2.92. The van der Waals surface area contributed by atoms with E-state index in [-0.39, 0.29) is 41.3 Å². The summed E-state index contributed by atoms with van der Waals surface area (Å²) >= 11 is 0. The molecule has 21 heavy (non-hydrogen) atoms. The molecule has 1 unspecified atom stereocenters. The highest BCUT2D eigenvalue weighted by Gasteiger charge is 2.09. The van der Waals surface area contributed by atoms with Gasteiger partial charge in [-0.25, -0.2) is 0 Å². The monoisotopic (exact) mass is 357 g/mol. The van der Waals surface area contributed by atoms with Gasteiger partial charge in [0.05, 0.1) is 0 Å². The lowest BCUT2D eigenvalue weighted by molar-refractivity contribution is -0.118. The summed E-state index contributed by atoms with van der Waals surface area (Å²) in [6, 6.07) is 7.13. The zero-order valence-electron chi connectivity index (χ0n) is 12.5. The first kappa shape index (κ1) is 19.6. The van der Waals surface area contributed by atoms with Crippen LogP contribution in [0.5, 0.6) is 0 Å². The summed E-state index contributed by atoms with van der Waals surface area (Å²) in [5.74, 6) is -0.0136. The molecule has 0 heterocycles. The fraction of sp³-hybridized carbons (Fsp3) is 0.467. The van der Waals surface area contributed by atoms with Crippen molar-refractivity contribution in [2.75, 3.05) is 5.32 Å². The minimum atomic E-state index is -0.349. The summed E-state index contributed by atoms with van der Waals surface area (Å²) in [5.41, 5.74) is 12.7. The van der Waals surface area contributed by atoms with Crippen molar-refractivity contribution < 1.29 is 9.59 Å². The molecule has 0 aliphatic heterocycles. The molecule has 1 aromatic rings. The number of carbonyl (C=O) groups excluding carboxylic acids is 2. The molecule has 0 bridgehead atoms. The topological polar surface area (TPSA) is 98.2 Å². The lowest BCUT2D eigenvalue weighted by Gasteiger charge is -2.12. The van der Waals surface area contributed by atoms with Crippen LogP contribution in [0.2, 0.25) is 0 Å². The number of primary amides is 1. The molecular weight excluding hydrogens is 334 g/mol. The Balaban J connectivity index is 0.00000400. The molecule has 0 aliphatic carbocycles. The van der Waals surface area contributed by atoms with Crippen LogP contribution < -0.4 is 16.8 Å². The summed E-state index contributed by atoms with van der Waals surface area (Å²) in [6.45, 7) is 4.00. The fourth-order valence-electron chi connectivity index (χ4n) is 1.86. The van der Waals surface area contributed by atoms with E-state index in [1.165, 1.54) is 0 Å². The van der Waals surface area contributed by atoms with Gasteiger partial charge in [0, 0.05) is 24.6 Å². The van der Waals surface area contributed by atoms with Gasteiger partial charge in [-0.3, -0.25) is 9.59 Å². The SMILES string of the molecule is Br.CC(C)CC(=O)Nc1ccc(C(N)CCC(N)=O)cc1. The van der Waals surface area contributed by atoms with Crippen LogP contribution in [0.15, 0.2) is 24.3 Å². The Morgan fingerprint density at radius 3 is 2.24 bits per heavy atom. The maximum atomic E-state index is 11.6. The molecule has 0 aromatic heterocycles. The molecule has 0 saturated heterocycles. The average Bonchev–Trinajstić information content (AvgIpc) is 2.35. The zero-order valence-corrected chi connectivity index (χ0v) is 14.2. The highest BCUT2D eigenvalue weighted by molar-refractivity contribution is 8.93. The van der Waals surface area contributed by atoms with Crippen molar-refractivity contribution in [3.8, 4) is 0 Å². The summed E-state index contributed by atoms with van der Waals surface area (Å²) in [4.78, 5) is 22.3. The third kappa shape index (κ3) is 7.82. The number of rotatable bonds is 7. The molecule has 5 N–H and O–H groups in total. The van der Waals surface area contributed by atoms with Crippen LogP contribution in [0.4, 0.5) is 5.69 Å². The Labute approximate surface area is 136 Å². The second-order valence-corrected chi connectivity index (χ2v) is 5.38. The number of nitrogens with one attached hydrogen (secondary N) is 1. The molecule has 1 atom stereocenters. The van der Waals surface area contributed by atoms with Gasteiger partial charge >= 0.3 is 0 Å². The number of nitrogens with two attached hydrogens (primary N) is 2. The first-order valence-electron chi connectivity index (χ1n) is 6.82. The van der Waals surface area contributed by atoms with Crippen LogP contribution in [0.1, 0.15) is 44.7 Å². The van der Waals surface area contributed by atoms with Crippen molar-refractivity contribution in [2.24, 2.45) is 17.4 Å². The van der Waals surface area contributed by atoms with Crippen molar-refractivity contribution in [1.82, 2.24) is 0 Å². The minimum absolute atomic E-state index is 0. The predicted molar refractivity (Wildman–Crippen MR) is 90.2 cm³/mol. The van der Waals surface area contributed by atoms with Crippen LogP contribution in [0.25, 0.3) is 0 Å². The first-order chi connectivity index (χ1) is 9.38. The van der Waals surface area contributed by atoms with E-state index in [2.05, 4.69) is 5.32 Å². The molecule has 0 saturated carbocycles. The van der Waals surface area contributed by atoms with E-state index in [0.717, 1.165) is 11.3 Å². The van der Waals surface area contributed by atoms with Crippen LogP contribution in [0, 0.1) is 5.92 Å². The Bertz CT molecular complexity index is 460. The van der Waals surface area contributed by atoms with Crippen LogP contribution in [0.3, 0.4) is 0 Å². The standard InChI is InChI=1S/C15H23N3O2.BrH/c1-10(2)9-15(20)18-12-5-3-11(4-6-12)13(16)7-8-14(17)19;/h3-6,10,13H,7-9,16H2,1-2H3,(H2,17,19)(H,18,20);1H. The number of halogens is 1. The van der Waals surface area contributed by atoms with E-state index >= 15 is 0 Å². The van der Waals surface area contributed by atoms with Gasteiger partial charge in [0.25, 0.3) is 0 Å². The normalized spacial score (nSPS) is 11.6. The zero-order chi connectivity index (χ0) is 15.1. The predicted octanol–water partition coefficient (Wildman–Crippen LogP) is 2.51. The van der Waals surface area contributed by atoms with Crippen molar-refractivity contribution in [3.05, 3.63) is 29.8 Å². The Kier molecular flexibility index (Phi) is 8.89. The smallest absolute Gasteiger partial charge is 0.224 e. The third-order valence-electron chi connectivity index (χ3n) is 2.92. The molecule has 0 radical (unpaired) electrons. The molecule has 0 fully saturated rings. The minimum Gasteiger partial charge on any atom is -0.370 e. The molecule has 1 aromatic carbocycles. The highest BCUT2D eigenvalue weighted by atomic mass is 79.9. The number of benzene rings is 1. The molecule has 118 valence electrons. The molecular formula is C15H24BrN3O2. The number of anilines is 1. The van der Waals surface area contributed by atoms with Gasteiger partial charge in [0.15, 0.2) is 0 Å². The fourth-order valence-corrected chi connectivity index (χ4v) is 1.86. The first-order valence-corrected chi connectivity index (χ1v) is 6.82. The van der Waals surface area contributed by atoms with E-state index in [0.29, 0.717) is 18.8 Å². The maximum absolute atomic E-state index is 11.6. The van der Waals surface area contributed by atoms with E-state index in [4.69, 9.17) is 11.5 Å². The van der Waals surface area contributed by atoms with Gasteiger partial charge < -0.3 is 16.8 Å². The van der Waals surface area contributed by atoms with E-state index in [1.54, 1.807) is 0 Å². The molecule has 0 spiro atoms. The Morgan fingerprint density at radius 2 is 1.76 bits per heavy atom. The van der Waals surface area contributed by atoms with Crippen LogP contribution >= 0.6 is 17.0 Å². The van der Waals surface area contributed by atoms with Crippen molar-refractivity contribution in [1.29, 1.82) is 0 Å². The van der Waals surface area contributed by atoms with Gasteiger partial charge in [0.2, 0.25) is 11.8 Å². The molecule has 1 rings (SSSR count). The summed E-state index contributed by atoms with van der Waals surface area (Å²) in [5, 5.41) is 2.84. The summed E-state index contributed by atoms with van der Waals surface area (Å²) in [7, 11) is 0. The van der Waals surface area contributed by atoms with Crippen LogP contribution in [-0.2, 0) is 9.59 Å². The largest absolute Gasteiger partial charge is 0.370 e. The molecule has 5 nitrogen and oxygen atoms in total. The number of carbonyl (C=O) groups is 2. The van der Waals surface area contributed by atoms with Gasteiger partial charge in [-0.1, -0.05) is 26.0 Å². The lowest BCUT2D eigenvalue weighted by Crippen LogP contribution is -2.17. The Morgan fingerprint density at radius 1 is 1.19 bits per heavy atom. The van der Waals surface area contributed by atoms with Gasteiger partial charge in [-0.2, -0.15) is 0 Å². The lowest BCUT2D eigenvalue weighted by atomic mass is 10.0. The maximum Gasteiger partial charge on any atom is 0.224 e. The number of amides is 2. The van der Waals surface area contributed by atoms with E-state index < -0.39 is 0 Å². The summed E-state index contributed by atoms with van der Waals surface area (Å²) < 4.78 is 0. The number of hydrogen-bond donors (Lipinski definition) is 3. The molecule has 2 amide bonds. The van der Waals surface area contributed by atoms with Gasteiger partial charge in [-0.15, -0.1) is 17.0 Å². The van der Waals surface area contributed by atoms with Gasteiger partial charge in [-0.05, 0) is 30.0 Å². The molecule has 6 heteroatoms.